The largest absolute Gasteiger partial charge is 0.395 e. The van der Waals surface area contributed by atoms with Gasteiger partial charge in [0.1, 0.15) is 5.82 Å². The van der Waals surface area contributed by atoms with E-state index in [-0.39, 0.29) is 23.7 Å². The minimum Gasteiger partial charge on any atom is -0.395 e. The average molecular weight is 246 g/mol. The summed E-state index contributed by atoms with van der Waals surface area (Å²) < 4.78 is 13.2. The van der Waals surface area contributed by atoms with Crippen molar-refractivity contribution >= 4 is 11.6 Å². The smallest absolute Gasteiger partial charge is 0.142 e. The summed E-state index contributed by atoms with van der Waals surface area (Å²) in [4.78, 5) is 0. The summed E-state index contributed by atoms with van der Waals surface area (Å²) in [6.07, 6.45) is 0.830. The first kappa shape index (κ1) is 13.4. The number of aliphatic hydroxyl groups is 1. The van der Waals surface area contributed by atoms with Crippen molar-refractivity contribution < 1.29 is 9.50 Å². The first-order valence-corrected chi connectivity index (χ1v) is 5.78. The average Bonchev–Trinajstić information content (AvgIpc) is 2.29. The third kappa shape index (κ3) is 3.44. The van der Waals surface area contributed by atoms with Gasteiger partial charge < -0.3 is 10.4 Å². The zero-order chi connectivity index (χ0) is 12.1. The topological polar surface area (TPSA) is 32.3 Å². The molecule has 0 fully saturated rings. The molecule has 0 saturated carbocycles. The Morgan fingerprint density at radius 2 is 2.19 bits per heavy atom. The van der Waals surface area contributed by atoms with E-state index in [1.807, 2.05) is 13.8 Å². The van der Waals surface area contributed by atoms with Crippen LogP contribution in [0.25, 0.3) is 0 Å². The summed E-state index contributed by atoms with van der Waals surface area (Å²) in [5.41, 5.74) is 0.828. The molecule has 2 nitrogen and oxygen atoms in total. The van der Waals surface area contributed by atoms with E-state index in [2.05, 4.69) is 5.32 Å². The van der Waals surface area contributed by atoms with Gasteiger partial charge in [-0.3, -0.25) is 0 Å². The SMILES string of the molecule is CCC(CO)NC(C)c1ccc(Cl)c(F)c1. The van der Waals surface area contributed by atoms with Crippen molar-refractivity contribution in [3.8, 4) is 0 Å². The van der Waals surface area contributed by atoms with Gasteiger partial charge in [0, 0.05) is 12.1 Å². The fourth-order valence-corrected chi connectivity index (χ4v) is 1.65. The lowest BCUT2D eigenvalue weighted by molar-refractivity contribution is 0.230. The van der Waals surface area contributed by atoms with Gasteiger partial charge in [0.05, 0.1) is 11.6 Å². The number of hydrogen-bond donors (Lipinski definition) is 2. The lowest BCUT2D eigenvalue weighted by Gasteiger charge is -2.20. The van der Waals surface area contributed by atoms with Crippen molar-refractivity contribution in [2.75, 3.05) is 6.61 Å². The Bertz CT molecular complexity index is 342. The van der Waals surface area contributed by atoms with Crippen molar-refractivity contribution in [3.63, 3.8) is 0 Å². The highest BCUT2D eigenvalue weighted by atomic mass is 35.5. The van der Waals surface area contributed by atoms with E-state index in [1.54, 1.807) is 12.1 Å². The van der Waals surface area contributed by atoms with E-state index in [1.165, 1.54) is 6.07 Å². The number of benzene rings is 1. The lowest BCUT2D eigenvalue weighted by Crippen LogP contribution is -2.33. The van der Waals surface area contributed by atoms with Crippen LogP contribution in [0.1, 0.15) is 31.9 Å². The molecule has 0 radical (unpaired) electrons. The second kappa shape index (κ2) is 6.18. The van der Waals surface area contributed by atoms with Gasteiger partial charge in [-0.05, 0) is 31.0 Å². The predicted molar refractivity (Wildman–Crippen MR) is 64.1 cm³/mol. The van der Waals surface area contributed by atoms with Gasteiger partial charge in [-0.15, -0.1) is 0 Å². The minimum absolute atomic E-state index is 0.0103. The molecule has 4 heteroatoms. The molecular formula is C12H17ClFNO. The third-order valence-corrected chi connectivity index (χ3v) is 2.95. The highest BCUT2D eigenvalue weighted by Gasteiger charge is 2.12. The molecule has 16 heavy (non-hydrogen) atoms. The fourth-order valence-electron chi connectivity index (χ4n) is 1.53. The van der Waals surface area contributed by atoms with Crippen molar-refractivity contribution in [1.82, 2.24) is 5.32 Å². The summed E-state index contributed by atoms with van der Waals surface area (Å²) in [7, 11) is 0. The quantitative estimate of drug-likeness (QED) is 0.836. The first-order valence-electron chi connectivity index (χ1n) is 5.40. The van der Waals surface area contributed by atoms with Gasteiger partial charge in [0.25, 0.3) is 0 Å². The fraction of sp³-hybridized carbons (Fsp3) is 0.500. The number of hydrogen-bond acceptors (Lipinski definition) is 2. The van der Waals surface area contributed by atoms with Gasteiger partial charge in [0.15, 0.2) is 0 Å². The predicted octanol–water partition coefficient (Wildman–Crippen LogP) is 2.90. The van der Waals surface area contributed by atoms with Crippen LogP contribution in [0.15, 0.2) is 18.2 Å². The molecule has 0 bridgehead atoms. The maximum atomic E-state index is 13.2. The van der Waals surface area contributed by atoms with E-state index < -0.39 is 5.82 Å². The molecule has 0 aliphatic heterocycles. The standard InChI is InChI=1S/C12H17ClFNO/c1-3-10(7-16)15-8(2)9-4-5-11(13)12(14)6-9/h4-6,8,10,15-16H,3,7H2,1-2H3. The van der Waals surface area contributed by atoms with E-state index in [0.717, 1.165) is 12.0 Å². The van der Waals surface area contributed by atoms with Gasteiger partial charge in [-0.25, -0.2) is 4.39 Å². The number of halogens is 2. The number of nitrogens with one attached hydrogen (secondary N) is 1. The number of aliphatic hydroxyl groups excluding tert-OH is 1. The highest BCUT2D eigenvalue weighted by molar-refractivity contribution is 6.30. The van der Waals surface area contributed by atoms with Crippen LogP contribution in [0.5, 0.6) is 0 Å². The van der Waals surface area contributed by atoms with Crippen LogP contribution in [-0.2, 0) is 0 Å². The van der Waals surface area contributed by atoms with Gasteiger partial charge >= 0.3 is 0 Å². The van der Waals surface area contributed by atoms with Crippen LogP contribution < -0.4 is 5.32 Å². The first-order chi connectivity index (χ1) is 7.58. The summed E-state index contributed by atoms with van der Waals surface area (Å²) in [5.74, 6) is -0.412. The molecule has 0 amide bonds. The monoisotopic (exact) mass is 245 g/mol. The van der Waals surface area contributed by atoms with E-state index in [4.69, 9.17) is 16.7 Å². The highest BCUT2D eigenvalue weighted by Crippen LogP contribution is 2.20. The maximum Gasteiger partial charge on any atom is 0.142 e. The molecule has 1 aromatic rings. The normalized spacial score (nSPS) is 14.8. The summed E-state index contributed by atoms with van der Waals surface area (Å²) >= 11 is 5.61. The van der Waals surface area contributed by atoms with E-state index in [0.29, 0.717) is 0 Å². The van der Waals surface area contributed by atoms with Crippen molar-refractivity contribution in [1.29, 1.82) is 0 Å². The second-order valence-corrected chi connectivity index (χ2v) is 4.26. The molecule has 0 spiro atoms. The Kier molecular flexibility index (Phi) is 5.19. The molecule has 0 saturated heterocycles. The van der Waals surface area contributed by atoms with Crippen LogP contribution in [0, 0.1) is 5.82 Å². The minimum atomic E-state index is -0.412. The molecule has 2 N–H and O–H groups in total. The van der Waals surface area contributed by atoms with Crippen molar-refractivity contribution in [2.45, 2.75) is 32.4 Å². The van der Waals surface area contributed by atoms with Gasteiger partial charge in [-0.2, -0.15) is 0 Å². The van der Waals surface area contributed by atoms with Crippen LogP contribution in [0.2, 0.25) is 5.02 Å². The summed E-state index contributed by atoms with van der Waals surface area (Å²) in [6, 6.07) is 4.78. The molecular weight excluding hydrogens is 229 g/mol. The Balaban J connectivity index is 2.72. The maximum absolute atomic E-state index is 13.2. The number of rotatable bonds is 5. The Morgan fingerprint density at radius 3 is 2.69 bits per heavy atom. The van der Waals surface area contributed by atoms with Gasteiger partial charge in [-0.1, -0.05) is 24.6 Å². The molecule has 0 aromatic heterocycles. The zero-order valence-corrected chi connectivity index (χ0v) is 10.3. The Hall–Kier alpha value is -0.640. The van der Waals surface area contributed by atoms with Crippen LogP contribution in [0.4, 0.5) is 4.39 Å². The van der Waals surface area contributed by atoms with Crippen molar-refractivity contribution in [3.05, 3.63) is 34.6 Å². The Morgan fingerprint density at radius 1 is 1.50 bits per heavy atom. The molecule has 0 aliphatic carbocycles. The van der Waals surface area contributed by atoms with E-state index in [9.17, 15) is 4.39 Å². The molecule has 2 atom stereocenters. The van der Waals surface area contributed by atoms with Crippen LogP contribution in [0.3, 0.4) is 0 Å². The molecule has 0 heterocycles. The molecule has 1 rings (SSSR count). The molecule has 0 aliphatic rings. The second-order valence-electron chi connectivity index (χ2n) is 3.85. The zero-order valence-electron chi connectivity index (χ0n) is 9.50. The lowest BCUT2D eigenvalue weighted by atomic mass is 10.1. The van der Waals surface area contributed by atoms with Gasteiger partial charge in [0.2, 0.25) is 0 Å². The van der Waals surface area contributed by atoms with Crippen LogP contribution >= 0.6 is 11.6 Å². The van der Waals surface area contributed by atoms with Crippen LogP contribution in [-0.4, -0.2) is 17.8 Å². The molecule has 2 unspecified atom stereocenters. The molecule has 90 valence electrons. The summed E-state index contributed by atoms with van der Waals surface area (Å²) in [5, 5.41) is 12.4. The third-order valence-electron chi connectivity index (χ3n) is 2.64. The molecule has 1 aromatic carbocycles. The van der Waals surface area contributed by atoms with E-state index >= 15 is 0 Å². The van der Waals surface area contributed by atoms with Crippen molar-refractivity contribution in [2.24, 2.45) is 0 Å². The summed E-state index contributed by atoms with van der Waals surface area (Å²) in [6.45, 7) is 4.00. The Labute approximate surface area is 100 Å².